The van der Waals surface area contributed by atoms with Crippen molar-refractivity contribution in [1.29, 1.82) is 0 Å². The van der Waals surface area contributed by atoms with Crippen LogP contribution in [0.15, 0.2) is 357 Å². The number of fused-ring (bicyclic) bond motifs is 28. The van der Waals surface area contributed by atoms with Crippen LogP contribution in [-0.4, -0.2) is 57.4 Å². The molecule has 1 saturated heterocycles. The molecule has 26 aromatic rings. The van der Waals surface area contributed by atoms with Crippen LogP contribution in [0.4, 0.5) is 0 Å². The van der Waals surface area contributed by atoms with Gasteiger partial charge in [0.25, 0.3) is 0 Å². The summed E-state index contributed by atoms with van der Waals surface area (Å²) < 4.78 is 49.1. The number of hydrogen-bond donors (Lipinski definition) is 0. The third kappa shape index (κ3) is 11.7. The van der Waals surface area contributed by atoms with Gasteiger partial charge in [-0.2, -0.15) is 9.97 Å². The lowest BCUT2D eigenvalue weighted by Gasteiger charge is -2.32. The molecule has 10 aromatic heterocycles. The van der Waals surface area contributed by atoms with Crippen molar-refractivity contribution in [2.45, 2.75) is 38.9 Å². The highest BCUT2D eigenvalue weighted by molar-refractivity contribution is 7.27. The van der Waals surface area contributed by atoms with Crippen molar-refractivity contribution in [3.05, 3.63) is 345 Å². The number of aromatic nitrogens is 8. The molecule has 0 atom stereocenters. The number of thiophene rings is 2. The number of rotatable bonds is 8. The Morgan fingerprint density at radius 2 is 0.635 bits per heavy atom. The van der Waals surface area contributed by atoms with Crippen molar-refractivity contribution in [3.8, 4) is 68.3 Å². The van der Waals surface area contributed by atoms with E-state index in [-0.39, 0.29) is 5.28 Å². The van der Waals surface area contributed by atoms with E-state index in [4.69, 9.17) is 53.5 Å². The van der Waals surface area contributed by atoms with E-state index in [1.807, 2.05) is 146 Å². The first kappa shape index (κ1) is 73.7. The Hall–Kier alpha value is -14.9. The van der Waals surface area contributed by atoms with E-state index in [0.29, 0.717) is 29.1 Å². The molecule has 0 N–H and O–H groups in total. The van der Waals surface area contributed by atoms with Gasteiger partial charge in [-0.1, -0.05) is 231 Å². The molecule has 18 heteroatoms. The highest BCUT2D eigenvalue weighted by Gasteiger charge is 2.52. The van der Waals surface area contributed by atoms with Gasteiger partial charge < -0.3 is 36.1 Å². The lowest BCUT2D eigenvalue weighted by molar-refractivity contribution is 0.00578. The molecule has 0 radical (unpaired) electrons. The summed E-state index contributed by atoms with van der Waals surface area (Å²) in [5.41, 5.74) is 18.2. The molecule has 126 heavy (non-hydrogen) atoms. The molecule has 598 valence electrons. The van der Waals surface area contributed by atoms with Crippen LogP contribution in [0.25, 0.3) is 240 Å². The first-order valence-corrected chi connectivity index (χ1v) is 43.9. The van der Waals surface area contributed by atoms with Crippen LogP contribution >= 0.6 is 34.3 Å². The number of hydrogen-bond acceptors (Lipinski definition) is 14. The second kappa shape index (κ2) is 28.6. The predicted molar refractivity (Wildman–Crippen MR) is 518 cm³/mol. The Kier molecular flexibility index (Phi) is 16.7. The summed E-state index contributed by atoms with van der Waals surface area (Å²) in [6.07, 6.45) is 0. The van der Waals surface area contributed by atoms with E-state index in [1.165, 1.54) is 14.8 Å². The van der Waals surface area contributed by atoms with Gasteiger partial charge in [0.05, 0.1) is 44.0 Å². The van der Waals surface area contributed by atoms with Crippen molar-refractivity contribution < 1.29 is 27.0 Å². The maximum Gasteiger partial charge on any atom is 0.496 e. The minimum absolute atomic E-state index is 0.202. The summed E-state index contributed by atoms with van der Waals surface area (Å²) in [4.78, 5) is 28.4. The topological polar surface area (TPSA) is 158 Å². The average molecular weight is 1680 g/mol. The second-order valence-corrected chi connectivity index (χ2v) is 35.4. The van der Waals surface area contributed by atoms with Crippen LogP contribution in [0, 0.1) is 0 Å². The molecule has 11 heterocycles. The number of furan rings is 4. The van der Waals surface area contributed by atoms with E-state index in [2.05, 4.69) is 246 Å². The van der Waals surface area contributed by atoms with Gasteiger partial charge >= 0.3 is 7.12 Å². The molecule has 0 spiro atoms. The van der Waals surface area contributed by atoms with Crippen molar-refractivity contribution in [2.24, 2.45) is 0 Å². The summed E-state index contributed by atoms with van der Waals surface area (Å²) in [6.45, 7) is 8.47. The van der Waals surface area contributed by atoms with Crippen molar-refractivity contribution in [3.63, 3.8) is 0 Å². The average Bonchev–Trinajstić information content (AvgIpc) is 1.55. The summed E-state index contributed by atoms with van der Waals surface area (Å²) >= 11 is 9.55. The molecule has 0 saturated carbocycles. The number of para-hydroxylation sites is 6. The summed E-state index contributed by atoms with van der Waals surface area (Å²) in [5.74, 6) is 3.02. The fourth-order valence-electron chi connectivity index (χ4n) is 18.7. The summed E-state index contributed by atoms with van der Waals surface area (Å²) in [7, 11) is -0.535. The zero-order valence-corrected chi connectivity index (χ0v) is 70.5. The van der Waals surface area contributed by atoms with Gasteiger partial charge in [0.15, 0.2) is 29.1 Å². The second-order valence-electron chi connectivity index (χ2n) is 33.0. The normalized spacial score (nSPS) is 13.5. The monoisotopic (exact) mass is 1680 g/mol. The van der Waals surface area contributed by atoms with Crippen LogP contribution in [0.2, 0.25) is 5.28 Å². The fourth-order valence-corrected chi connectivity index (χ4v) is 21.2. The highest BCUT2D eigenvalue weighted by Crippen LogP contribution is 2.51. The molecule has 1 aliphatic heterocycles. The zero-order chi connectivity index (χ0) is 83.8. The summed E-state index contributed by atoms with van der Waals surface area (Å²) in [6, 6.07) is 117. The maximum absolute atomic E-state index is 6.78. The first-order valence-electron chi connectivity index (χ1n) is 41.9. The first-order chi connectivity index (χ1) is 61.8. The molecule has 27 rings (SSSR count). The highest BCUT2D eigenvalue weighted by atomic mass is 35.5. The van der Waals surface area contributed by atoms with Crippen LogP contribution in [0.5, 0.6) is 0 Å². The lowest BCUT2D eigenvalue weighted by Crippen LogP contribution is -2.41. The van der Waals surface area contributed by atoms with Crippen LogP contribution < -0.4 is 5.46 Å². The number of halogens is 1. The van der Waals surface area contributed by atoms with Crippen LogP contribution in [0.1, 0.15) is 27.7 Å². The van der Waals surface area contributed by atoms with Crippen molar-refractivity contribution in [2.75, 3.05) is 0 Å². The van der Waals surface area contributed by atoms with E-state index in [9.17, 15) is 0 Å². The summed E-state index contributed by atoms with van der Waals surface area (Å²) in [5, 5.41) is 18.2. The van der Waals surface area contributed by atoms with Crippen LogP contribution in [0.3, 0.4) is 0 Å². The minimum atomic E-state index is -0.535. The molecule has 0 amide bonds. The third-order valence-electron chi connectivity index (χ3n) is 25.1. The van der Waals surface area contributed by atoms with Crippen molar-refractivity contribution >= 4 is 219 Å². The Morgan fingerprint density at radius 3 is 1.08 bits per heavy atom. The smallest absolute Gasteiger partial charge is 0.456 e. The van der Waals surface area contributed by atoms with E-state index in [0.717, 1.165) is 202 Å². The molecular weight excluding hydrogens is 1620 g/mol. The van der Waals surface area contributed by atoms with Crippen molar-refractivity contribution in [1.82, 2.24) is 39.0 Å². The Morgan fingerprint density at radius 1 is 0.278 bits per heavy atom. The maximum atomic E-state index is 6.78. The van der Waals surface area contributed by atoms with E-state index < -0.39 is 18.3 Å². The number of nitrogens with zero attached hydrogens (tertiary/aromatic N) is 8. The molecule has 0 bridgehead atoms. The number of benzene rings is 16. The van der Waals surface area contributed by atoms with Gasteiger partial charge in [-0.15, -0.1) is 22.7 Å². The Labute approximate surface area is 731 Å². The van der Waals surface area contributed by atoms with Gasteiger partial charge in [-0.3, -0.25) is 0 Å². The molecular formula is C108H68BClN8O6S2. The third-order valence-corrected chi connectivity index (χ3v) is 27.7. The standard InChI is InChI=1S/C51H28N4O2S.C42H30BNO4S.C15H10ClN3/c1-3-13-29(14-4-1)49-52-50(30-15-5-2-6-16-30)54-51(53-49)37-28-31(27-36-46-43(58-48(36)37)26-25-42-45(46)35-19-9-12-22-41(35)56-42)55-38-20-10-7-18-34(38)44-39(55)24-23-33-32-17-8-11-21-40(32)57-47(33)44;1-41(2)42(3,4)48-43(47-41)29-22-23(21-28-38-35(49-40(28)29)20-19-34-37(38)27-13-7-10-16-33(27)45-34)44-30-14-8-5-12-26(30)36-31(44)18-17-25-24-11-6-9-15-32(24)46-39(25)36;16-15-18-13(11-7-3-1-4-8-11)17-14(19-15)12-9-5-2-6-10-12/h1-28H;5-22H,1-4H3;1-10H. The van der Waals surface area contributed by atoms with Crippen LogP contribution in [-0.2, 0) is 9.31 Å². The fraction of sp³-hybridized carbons (Fsp3) is 0.0556. The van der Waals surface area contributed by atoms with Gasteiger partial charge in [-0.25, -0.2) is 19.9 Å². The predicted octanol–water partition coefficient (Wildman–Crippen LogP) is 29.2. The van der Waals surface area contributed by atoms with Gasteiger partial charge in [-0.05, 0) is 148 Å². The van der Waals surface area contributed by atoms with Gasteiger partial charge in [0.1, 0.15) is 44.7 Å². The Balaban J connectivity index is 0.000000115. The van der Waals surface area contributed by atoms with E-state index >= 15 is 0 Å². The Bertz CT molecular complexity index is 8850. The molecule has 0 aliphatic carbocycles. The SMILES string of the molecule is CC1(C)OB(c2cc(-n3c4ccccc4c4c5oc6ccccc6c5ccc43)cc3c2sc2ccc4oc5ccccc5c4c23)OC1(C)C.Clc1nc(-c2ccccc2)nc(-c2ccccc2)n1.c1ccc(-c2nc(-c3ccccc3)nc(-c3cc(-n4c5ccccc5c5c6oc7ccccc7c6ccc54)cc4c3sc3ccc5oc6ccccc6c5c34)n2)cc1. The van der Waals surface area contributed by atoms with E-state index in [1.54, 1.807) is 22.7 Å². The molecule has 1 aliphatic rings. The quantitative estimate of drug-likeness (QED) is 0.133. The zero-order valence-electron chi connectivity index (χ0n) is 68.1. The molecule has 16 aromatic carbocycles. The molecule has 14 nitrogen and oxygen atoms in total. The van der Waals surface area contributed by atoms with Gasteiger partial charge in [0, 0.05) is 139 Å². The van der Waals surface area contributed by atoms with Gasteiger partial charge in [0.2, 0.25) is 5.28 Å². The minimum Gasteiger partial charge on any atom is -0.456 e. The molecule has 1 fully saturated rings. The largest absolute Gasteiger partial charge is 0.496 e. The molecule has 0 unspecified atom stereocenters. The lowest BCUT2D eigenvalue weighted by atomic mass is 9.78.